The number of aromatic amines is 2. The maximum atomic E-state index is 5.57. The zero-order chi connectivity index (χ0) is 28.6. The van der Waals surface area contributed by atoms with Crippen molar-refractivity contribution in [2.45, 2.75) is 107 Å². The first kappa shape index (κ1) is 40.1. The van der Waals surface area contributed by atoms with Crippen molar-refractivity contribution >= 4 is 64.1 Å². The van der Waals surface area contributed by atoms with Gasteiger partial charge >= 0.3 is 19.8 Å². The second-order valence-electron chi connectivity index (χ2n) is 10.9. The van der Waals surface area contributed by atoms with E-state index in [0.29, 0.717) is 0 Å². The van der Waals surface area contributed by atoms with Gasteiger partial charge in [0.25, 0.3) is 0 Å². The van der Waals surface area contributed by atoms with Gasteiger partial charge < -0.3 is 47.2 Å². The topological polar surface area (TPSA) is 57.4 Å². The summed E-state index contributed by atoms with van der Waals surface area (Å²) in [6, 6.07) is 8.89. The van der Waals surface area contributed by atoms with Crippen molar-refractivity contribution in [3.63, 3.8) is 0 Å². The Kier molecular flexibility index (Phi) is 15.6. The Morgan fingerprint density at radius 2 is 0.932 bits per heavy atom. The van der Waals surface area contributed by atoms with Crippen LogP contribution in [0.2, 0.25) is 0 Å². The minimum atomic E-state index is 0. The summed E-state index contributed by atoms with van der Waals surface area (Å²) in [7, 11) is 0. The monoisotopic (exact) mass is 708 g/mol. The average Bonchev–Trinajstić information content (AvgIpc) is 3.73. The maximum Gasteiger partial charge on any atom is 3.00 e. The Morgan fingerprint density at radius 1 is 0.477 bits per heavy atom. The summed E-state index contributed by atoms with van der Waals surface area (Å²) in [5.74, 6) is 0. The van der Waals surface area contributed by atoms with Gasteiger partial charge in [-0.15, -0.1) is 0 Å². The normalized spacial score (nSPS) is 12.4. The van der Waals surface area contributed by atoms with Gasteiger partial charge in [-0.25, -0.2) is 9.97 Å². The number of hydrogen-bond acceptors (Lipinski definition) is 2. The number of aryl methyl sites for hydroxylation is 3. The van der Waals surface area contributed by atoms with Crippen LogP contribution in [0.4, 0.5) is 0 Å². The number of H-pyrrole nitrogens is 2. The van der Waals surface area contributed by atoms with E-state index < -0.39 is 0 Å². The van der Waals surface area contributed by atoms with Crippen molar-refractivity contribution in [1.82, 2.24) is 19.9 Å². The van der Waals surface area contributed by atoms with Crippen LogP contribution in [-0.4, -0.2) is 39.7 Å². The largest absolute Gasteiger partial charge is 3.00 e. The number of fused-ring (bicyclic) bond motifs is 8. The number of aromatic nitrogens is 4. The van der Waals surface area contributed by atoms with Crippen LogP contribution < -0.4 is 37.2 Å². The molecule has 0 amide bonds. The second-order valence-corrected chi connectivity index (χ2v) is 10.9. The van der Waals surface area contributed by atoms with Crippen LogP contribution in [-0.2, 0) is 25.7 Å². The fraction of sp³-hybridized carbons (Fsp3) is 0.444. The summed E-state index contributed by atoms with van der Waals surface area (Å²) in [6.07, 6.45) is 7.74. The van der Waals surface area contributed by atoms with Gasteiger partial charge in [-0.05, 0) is 109 Å². The summed E-state index contributed by atoms with van der Waals surface area (Å²) in [6.45, 7) is 18.2. The van der Waals surface area contributed by atoms with Gasteiger partial charge in [-0.1, -0.05) is 55.4 Å². The summed E-state index contributed by atoms with van der Waals surface area (Å²) in [5.41, 5.74) is 20.3. The molecule has 2 aliphatic rings. The van der Waals surface area contributed by atoms with E-state index in [4.69, 9.17) is 9.97 Å². The molecule has 0 radical (unpaired) electrons. The summed E-state index contributed by atoms with van der Waals surface area (Å²) < 4.78 is 0. The third-order valence-electron chi connectivity index (χ3n) is 8.91. The number of hydrogen-bond donors (Lipinski definition) is 2. The van der Waals surface area contributed by atoms with E-state index in [2.05, 4.69) is 89.6 Å². The van der Waals surface area contributed by atoms with Crippen LogP contribution >= 0.6 is 0 Å². The SMILES string of the molecule is CCC1=C(CC)c2nc1cc1ccc(cc3[nH]c(c(CC)c4nc(c2CC)C(CC)=C4CC)c(CC)c3CC)[nH]1.[Cl-].[Cl-].[Cl-].[Ga+3]. The number of nitrogens with one attached hydrogen (secondary N) is 2. The molecule has 0 spiro atoms. The smallest absolute Gasteiger partial charge is 1.00 e. The van der Waals surface area contributed by atoms with E-state index in [1.54, 1.807) is 0 Å². The van der Waals surface area contributed by atoms with Crippen LogP contribution in [0.5, 0.6) is 0 Å². The second kappa shape index (κ2) is 17.1. The number of rotatable bonds is 8. The number of allylic oxidation sites excluding steroid dienone is 4. The van der Waals surface area contributed by atoms with E-state index in [0.717, 1.165) is 73.8 Å². The molecule has 3 aromatic heterocycles. The quantitative estimate of drug-likeness (QED) is 0.338. The molecular formula is C36H46Cl3GaN4. The van der Waals surface area contributed by atoms with Crippen molar-refractivity contribution in [2.24, 2.45) is 0 Å². The third kappa shape index (κ3) is 6.78. The molecule has 0 saturated carbocycles. The summed E-state index contributed by atoms with van der Waals surface area (Å²) >= 11 is 0. The molecule has 0 aromatic carbocycles. The van der Waals surface area contributed by atoms with Crippen LogP contribution in [0.3, 0.4) is 0 Å². The molecule has 0 fully saturated rings. The fourth-order valence-corrected chi connectivity index (χ4v) is 7.07. The van der Waals surface area contributed by atoms with Crippen molar-refractivity contribution < 1.29 is 37.2 Å². The summed E-state index contributed by atoms with van der Waals surface area (Å²) in [4.78, 5) is 18.5. The van der Waals surface area contributed by atoms with E-state index in [9.17, 15) is 0 Å². The Balaban J connectivity index is 0.00000242. The average molecular weight is 711 g/mol. The Hall–Kier alpha value is -1.89. The first-order valence-corrected chi connectivity index (χ1v) is 15.7. The van der Waals surface area contributed by atoms with Crippen molar-refractivity contribution in [3.8, 4) is 0 Å². The van der Waals surface area contributed by atoms with E-state index in [1.807, 2.05) is 0 Å². The molecule has 8 heteroatoms. The minimum absolute atomic E-state index is 0. The number of halogens is 3. The first-order valence-electron chi connectivity index (χ1n) is 15.7. The van der Waals surface area contributed by atoms with Gasteiger partial charge in [0.1, 0.15) is 0 Å². The maximum absolute atomic E-state index is 5.57. The third-order valence-corrected chi connectivity index (χ3v) is 8.91. The Morgan fingerprint density at radius 3 is 1.43 bits per heavy atom. The molecule has 234 valence electrons. The predicted octanol–water partition coefficient (Wildman–Crippen LogP) is 0.657. The van der Waals surface area contributed by atoms with Crippen molar-refractivity contribution in [1.29, 1.82) is 0 Å². The molecule has 0 aliphatic carbocycles. The first-order chi connectivity index (χ1) is 19.5. The van der Waals surface area contributed by atoms with Crippen LogP contribution in [0, 0.1) is 0 Å². The molecule has 2 aliphatic heterocycles. The molecule has 3 aromatic rings. The number of nitrogens with zero attached hydrogens (tertiary/aromatic N) is 2. The van der Waals surface area contributed by atoms with Crippen LogP contribution in [0.25, 0.3) is 44.4 Å². The molecule has 8 bridgehead atoms. The molecule has 5 rings (SSSR count). The predicted molar refractivity (Wildman–Crippen MR) is 179 cm³/mol. The molecule has 0 atom stereocenters. The summed E-state index contributed by atoms with van der Waals surface area (Å²) in [5, 5.41) is 0. The molecule has 2 N–H and O–H groups in total. The van der Waals surface area contributed by atoms with Crippen molar-refractivity contribution in [3.05, 3.63) is 69.3 Å². The van der Waals surface area contributed by atoms with Gasteiger partial charge in [0.15, 0.2) is 0 Å². The Bertz CT molecular complexity index is 1690. The van der Waals surface area contributed by atoms with Crippen LogP contribution in [0.1, 0.15) is 126 Å². The molecule has 0 unspecified atom stereocenters. The zero-order valence-corrected chi connectivity index (χ0v) is 32.3. The van der Waals surface area contributed by atoms with E-state index in [1.165, 1.54) is 67.0 Å². The fourth-order valence-electron chi connectivity index (χ4n) is 7.07. The van der Waals surface area contributed by atoms with Gasteiger partial charge in [-0.3, -0.25) is 0 Å². The minimum Gasteiger partial charge on any atom is -1.00 e. The molecule has 5 heterocycles. The molecule has 0 saturated heterocycles. The zero-order valence-electron chi connectivity index (χ0n) is 27.6. The molecule has 4 nitrogen and oxygen atoms in total. The van der Waals surface area contributed by atoms with Gasteiger partial charge in [-0.2, -0.15) is 0 Å². The standard InChI is InChI=1S/C36H46N4.3ClH.Ga/c1-9-23-25(11-3)33-29(15-7)35-27(13-5)28(14-6)36(40-35)30(16-8)34-26(12-4)24(10-2)32(39-34)20-22-18-17-21(37-22)19-31(23)38-33;;;;/h17-20,37-38H,9-16H2,1-8H3;3*1H;/q;;;;+3/p-3. The Labute approximate surface area is 295 Å². The molecular weight excluding hydrogens is 665 g/mol. The van der Waals surface area contributed by atoms with Gasteiger partial charge in [0.2, 0.25) is 0 Å². The van der Waals surface area contributed by atoms with E-state index in [-0.39, 0.29) is 57.0 Å². The van der Waals surface area contributed by atoms with Crippen LogP contribution in [0.15, 0.2) is 24.3 Å². The van der Waals surface area contributed by atoms with Crippen molar-refractivity contribution in [2.75, 3.05) is 0 Å². The van der Waals surface area contributed by atoms with Gasteiger partial charge in [0, 0.05) is 33.2 Å². The molecule has 44 heavy (non-hydrogen) atoms. The van der Waals surface area contributed by atoms with Gasteiger partial charge in [0.05, 0.1) is 22.8 Å². The van der Waals surface area contributed by atoms with E-state index >= 15 is 0 Å².